The number of benzene rings is 2. The molecule has 0 bridgehead atoms. The van der Waals surface area contributed by atoms with Crippen LogP contribution in [0.3, 0.4) is 0 Å². The number of carbonyl (C=O) groups excluding carboxylic acids is 1. The lowest BCUT2D eigenvalue weighted by atomic mass is 10.2. The molecule has 2 aromatic carbocycles. The van der Waals surface area contributed by atoms with E-state index in [2.05, 4.69) is 31.4 Å². The molecule has 3 rings (SSSR count). The summed E-state index contributed by atoms with van der Waals surface area (Å²) in [4.78, 5) is 15.9. The third-order valence-corrected chi connectivity index (χ3v) is 4.59. The third kappa shape index (κ3) is 5.61. The van der Waals surface area contributed by atoms with E-state index in [0.717, 1.165) is 5.56 Å². The van der Waals surface area contributed by atoms with Crippen molar-refractivity contribution in [2.75, 3.05) is 7.11 Å². The number of hydrogen-bond acceptors (Lipinski definition) is 5. The van der Waals surface area contributed by atoms with Gasteiger partial charge in [0.25, 0.3) is 5.91 Å². The molecule has 0 unspecified atom stereocenters. The van der Waals surface area contributed by atoms with E-state index >= 15 is 0 Å². The van der Waals surface area contributed by atoms with E-state index in [1.54, 1.807) is 36.4 Å². The third-order valence-electron chi connectivity index (χ3n) is 3.90. The number of rotatable bonds is 7. The highest BCUT2D eigenvalue weighted by atomic mass is 79.9. The minimum atomic E-state index is -0.342. The minimum Gasteiger partial charge on any atom is -0.493 e. The second-order valence-corrected chi connectivity index (χ2v) is 6.73. The lowest BCUT2D eigenvalue weighted by Crippen LogP contribution is -2.17. The summed E-state index contributed by atoms with van der Waals surface area (Å²) in [6.45, 7) is 0.262. The Hall–Kier alpha value is -3.26. The zero-order chi connectivity index (χ0) is 20.6. The highest BCUT2D eigenvalue weighted by Gasteiger charge is 2.10. The van der Waals surface area contributed by atoms with Gasteiger partial charge in [-0.25, -0.2) is 9.82 Å². The van der Waals surface area contributed by atoms with Gasteiger partial charge in [0.2, 0.25) is 0 Å². The second-order valence-electron chi connectivity index (χ2n) is 5.87. The normalized spacial score (nSPS) is 10.7. The molecule has 1 aromatic heterocycles. The first kappa shape index (κ1) is 20.5. The Morgan fingerprint density at radius 3 is 2.59 bits per heavy atom. The maximum absolute atomic E-state index is 13.0. The Balaban J connectivity index is 1.68. The van der Waals surface area contributed by atoms with Crippen molar-refractivity contribution in [1.82, 2.24) is 10.4 Å². The summed E-state index contributed by atoms with van der Waals surface area (Å²) in [5.41, 5.74) is 4.43. The van der Waals surface area contributed by atoms with Gasteiger partial charge in [0.15, 0.2) is 11.5 Å². The molecule has 0 atom stereocenters. The summed E-state index contributed by atoms with van der Waals surface area (Å²) < 4.78 is 24.9. The lowest BCUT2D eigenvalue weighted by Gasteiger charge is -2.13. The van der Waals surface area contributed by atoms with E-state index in [1.165, 1.54) is 37.9 Å². The Bertz CT molecular complexity index is 1010. The fraction of sp³-hybridized carbons (Fsp3) is 0.0952. The molecule has 0 aliphatic heterocycles. The fourth-order valence-corrected chi connectivity index (χ4v) is 2.82. The predicted octanol–water partition coefficient (Wildman–Crippen LogP) is 4.33. The maximum atomic E-state index is 13.0. The first-order valence-corrected chi connectivity index (χ1v) is 9.34. The molecule has 1 heterocycles. The van der Waals surface area contributed by atoms with Crippen LogP contribution in [0, 0.1) is 5.82 Å². The smallest absolute Gasteiger partial charge is 0.271 e. The summed E-state index contributed by atoms with van der Waals surface area (Å²) in [6, 6.07) is 12.7. The van der Waals surface area contributed by atoms with E-state index in [9.17, 15) is 9.18 Å². The monoisotopic (exact) mass is 457 g/mol. The average molecular weight is 458 g/mol. The average Bonchev–Trinajstić information content (AvgIpc) is 2.75. The van der Waals surface area contributed by atoms with E-state index < -0.39 is 0 Å². The summed E-state index contributed by atoms with van der Waals surface area (Å²) in [6.07, 6.45) is 4.56. The number of hydrogen-bond donors (Lipinski definition) is 1. The highest BCUT2D eigenvalue weighted by Crippen LogP contribution is 2.33. The van der Waals surface area contributed by atoms with Crippen molar-refractivity contribution in [2.45, 2.75) is 6.61 Å². The number of carbonyl (C=O) groups is 1. The van der Waals surface area contributed by atoms with Crippen LogP contribution in [0.15, 0.2) is 70.5 Å². The Labute approximate surface area is 175 Å². The van der Waals surface area contributed by atoms with Crippen molar-refractivity contribution in [3.8, 4) is 11.5 Å². The Kier molecular flexibility index (Phi) is 6.91. The molecule has 0 saturated heterocycles. The fourth-order valence-electron chi connectivity index (χ4n) is 2.39. The molecule has 0 radical (unpaired) electrons. The number of hydrazone groups is 1. The lowest BCUT2D eigenvalue weighted by molar-refractivity contribution is 0.0955. The standard InChI is InChI=1S/C21H17BrFN3O3/c1-28-19-10-16(12-25-26-21(27)15-6-8-24-9-7-15)18(22)11-20(19)29-13-14-2-4-17(23)5-3-14/h2-12H,13H2,1H3,(H,26,27)/b25-12-. The summed E-state index contributed by atoms with van der Waals surface area (Å²) in [5, 5.41) is 3.98. The number of ether oxygens (including phenoxy) is 2. The zero-order valence-electron chi connectivity index (χ0n) is 15.4. The first-order chi connectivity index (χ1) is 14.1. The first-order valence-electron chi connectivity index (χ1n) is 8.55. The molecule has 0 fully saturated rings. The summed E-state index contributed by atoms with van der Waals surface area (Å²) in [7, 11) is 1.53. The molecule has 1 N–H and O–H groups in total. The number of pyridine rings is 1. The van der Waals surface area contributed by atoms with Crippen molar-refractivity contribution < 1.29 is 18.7 Å². The number of halogens is 2. The second kappa shape index (κ2) is 9.79. The molecular formula is C21H17BrFN3O3. The molecular weight excluding hydrogens is 441 g/mol. The van der Waals surface area contributed by atoms with Gasteiger partial charge < -0.3 is 9.47 Å². The molecule has 6 nitrogen and oxygen atoms in total. The van der Waals surface area contributed by atoms with Crippen molar-refractivity contribution in [3.63, 3.8) is 0 Å². The van der Waals surface area contributed by atoms with Gasteiger partial charge in [0.1, 0.15) is 12.4 Å². The van der Waals surface area contributed by atoms with Crippen LogP contribution in [0.5, 0.6) is 11.5 Å². The van der Waals surface area contributed by atoms with Crippen LogP contribution in [-0.4, -0.2) is 24.2 Å². The molecule has 3 aromatic rings. The van der Waals surface area contributed by atoms with Crippen molar-refractivity contribution in [1.29, 1.82) is 0 Å². The van der Waals surface area contributed by atoms with Crippen molar-refractivity contribution in [3.05, 3.63) is 87.9 Å². The number of amides is 1. The van der Waals surface area contributed by atoms with Gasteiger partial charge in [-0.15, -0.1) is 0 Å². The van der Waals surface area contributed by atoms with Crippen LogP contribution in [0.2, 0.25) is 0 Å². The molecule has 29 heavy (non-hydrogen) atoms. The molecule has 8 heteroatoms. The Morgan fingerprint density at radius 1 is 1.17 bits per heavy atom. The number of nitrogens with one attached hydrogen (secondary N) is 1. The van der Waals surface area contributed by atoms with Crippen LogP contribution in [-0.2, 0) is 6.61 Å². The van der Waals surface area contributed by atoms with Crippen LogP contribution < -0.4 is 14.9 Å². The van der Waals surface area contributed by atoms with E-state index in [4.69, 9.17) is 9.47 Å². The minimum absolute atomic E-state index is 0.262. The van der Waals surface area contributed by atoms with Crippen LogP contribution in [0.1, 0.15) is 21.5 Å². The van der Waals surface area contributed by atoms with Crippen LogP contribution in [0.4, 0.5) is 4.39 Å². The topological polar surface area (TPSA) is 72.8 Å². The quantitative estimate of drug-likeness (QED) is 0.423. The SMILES string of the molecule is COc1cc(/C=N\NC(=O)c2ccncc2)c(Br)cc1OCc1ccc(F)cc1. The zero-order valence-corrected chi connectivity index (χ0v) is 17.0. The van der Waals surface area contributed by atoms with Crippen molar-refractivity contribution >= 4 is 28.1 Å². The maximum Gasteiger partial charge on any atom is 0.271 e. The summed E-state index contributed by atoms with van der Waals surface area (Å²) >= 11 is 3.46. The van der Waals surface area contributed by atoms with Gasteiger partial charge in [-0.05, 0) is 57.9 Å². The number of nitrogens with zero attached hydrogens (tertiary/aromatic N) is 2. The van der Waals surface area contributed by atoms with Gasteiger partial charge >= 0.3 is 0 Å². The van der Waals surface area contributed by atoms with E-state index in [0.29, 0.717) is 27.1 Å². The van der Waals surface area contributed by atoms with Crippen LogP contribution in [0.25, 0.3) is 0 Å². The largest absolute Gasteiger partial charge is 0.493 e. The van der Waals surface area contributed by atoms with Gasteiger partial charge in [0, 0.05) is 28.0 Å². The Morgan fingerprint density at radius 2 is 1.90 bits per heavy atom. The number of methoxy groups -OCH3 is 1. The molecule has 0 aliphatic carbocycles. The van der Waals surface area contributed by atoms with Crippen LogP contribution >= 0.6 is 15.9 Å². The van der Waals surface area contributed by atoms with E-state index in [1.807, 2.05) is 0 Å². The molecule has 0 saturated carbocycles. The summed E-state index contributed by atoms with van der Waals surface area (Å²) in [5.74, 6) is 0.374. The van der Waals surface area contributed by atoms with Crippen molar-refractivity contribution in [2.24, 2.45) is 5.10 Å². The molecule has 0 spiro atoms. The predicted molar refractivity (Wildman–Crippen MR) is 111 cm³/mol. The van der Waals surface area contributed by atoms with Gasteiger partial charge in [0.05, 0.1) is 13.3 Å². The van der Waals surface area contributed by atoms with E-state index in [-0.39, 0.29) is 18.3 Å². The van der Waals surface area contributed by atoms with Gasteiger partial charge in [-0.2, -0.15) is 5.10 Å². The highest BCUT2D eigenvalue weighted by molar-refractivity contribution is 9.10. The number of aromatic nitrogens is 1. The molecule has 148 valence electrons. The van der Waals surface area contributed by atoms with Gasteiger partial charge in [-0.3, -0.25) is 9.78 Å². The molecule has 1 amide bonds. The van der Waals surface area contributed by atoms with Gasteiger partial charge in [-0.1, -0.05) is 12.1 Å². The molecule has 0 aliphatic rings.